The summed E-state index contributed by atoms with van der Waals surface area (Å²) >= 11 is 12.5. The number of nitrogens with two attached hydrogens (primary N) is 1. The lowest BCUT2D eigenvalue weighted by atomic mass is 9.97. The maximum absolute atomic E-state index is 13.6. The van der Waals surface area contributed by atoms with Crippen LogP contribution in [0.1, 0.15) is 41.5 Å². The molecule has 1 amide bonds. The molecule has 0 saturated heterocycles. The fourth-order valence-electron chi connectivity index (χ4n) is 4.84. The first-order chi connectivity index (χ1) is 19.9. The minimum atomic E-state index is -0.284. The highest BCUT2D eigenvalue weighted by atomic mass is 35.5. The molecule has 1 aliphatic carbocycles. The van der Waals surface area contributed by atoms with Gasteiger partial charge in [-0.05, 0) is 97.7 Å². The smallest absolute Gasteiger partial charge is 0.227 e. The third-order valence-electron chi connectivity index (χ3n) is 7.13. The third-order valence-corrected chi connectivity index (χ3v) is 7.69. The average molecular weight is 599 g/mol. The van der Waals surface area contributed by atoms with E-state index >= 15 is 0 Å². The Morgan fingerprint density at radius 1 is 1.00 bits per heavy atom. The largest absolute Gasteiger partial charge is 0.490 e. The predicted octanol–water partition coefficient (Wildman–Crippen LogP) is 6.45. The van der Waals surface area contributed by atoms with Crippen molar-refractivity contribution in [2.45, 2.75) is 51.6 Å². The lowest BCUT2D eigenvalue weighted by molar-refractivity contribution is -0.136. The van der Waals surface area contributed by atoms with Gasteiger partial charge in [0.1, 0.15) is 19.0 Å². The van der Waals surface area contributed by atoms with Crippen LogP contribution in [-0.4, -0.2) is 50.3 Å². The number of rotatable bonds is 16. The number of methoxy groups -OCH3 is 1. The number of ether oxygens (including phenoxy) is 3. The summed E-state index contributed by atoms with van der Waals surface area (Å²) in [4.78, 5) is 15.7. The summed E-state index contributed by atoms with van der Waals surface area (Å²) < 4.78 is 16.7. The van der Waals surface area contributed by atoms with Crippen LogP contribution in [0.4, 0.5) is 0 Å². The second kappa shape index (κ2) is 15.5. The normalized spacial score (nSPS) is 13.6. The highest BCUT2D eigenvalue weighted by molar-refractivity contribution is 6.37. The van der Waals surface area contributed by atoms with Gasteiger partial charge in [-0.2, -0.15) is 0 Å². The van der Waals surface area contributed by atoms with Gasteiger partial charge in [-0.15, -0.1) is 0 Å². The molecule has 2 N–H and O–H groups in total. The van der Waals surface area contributed by atoms with Crippen LogP contribution >= 0.6 is 23.2 Å². The Morgan fingerprint density at radius 2 is 1.68 bits per heavy atom. The first-order valence-electron chi connectivity index (χ1n) is 14.2. The first kappa shape index (κ1) is 31.2. The Kier molecular flexibility index (Phi) is 11.8. The van der Waals surface area contributed by atoms with Crippen LogP contribution in [0.2, 0.25) is 10.0 Å². The van der Waals surface area contributed by atoms with Crippen LogP contribution in [0.3, 0.4) is 0 Å². The molecule has 219 valence electrons. The number of benzene rings is 3. The molecule has 3 aromatic rings. The van der Waals surface area contributed by atoms with Crippen molar-refractivity contribution in [1.29, 1.82) is 0 Å². The zero-order chi connectivity index (χ0) is 29.2. The molecule has 0 bridgehead atoms. The first-order valence-corrected chi connectivity index (χ1v) is 14.9. The summed E-state index contributed by atoms with van der Waals surface area (Å²) in [6, 6.07) is 21.1. The van der Waals surface area contributed by atoms with E-state index in [4.69, 9.17) is 43.1 Å². The van der Waals surface area contributed by atoms with Crippen LogP contribution < -0.4 is 15.2 Å². The maximum Gasteiger partial charge on any atom is 0.227 e. The van der Waals surface area contributed by atoms with Crippen molar-refractivity contribution in [3.05, 3.63) is 93.0 Å². The average Bonchev–Trinajstić information content (AvgIpc) is 3.80. The van der Waals surface area contributed by atoms with Crippen molar-refractivity contribution in [2.24, 2.45) is 11.7 Å². The van der Waals surface area contributed by atoms with Gasteiger partial charge in [-0.25, -0.2) is 0 Å². The summed E-state index contributed by atoms with van der Waals surface area (Å²) in [5.74, 6) is 1.01. The van der Waals surface area contributed by atoms with Crippen LogP contribution in [0.5, 0.6) is 11.5 Å². The zero-order valence-corrected chi connectivity index (χ0v) is 25.3. The Bertz CT molecular complexity index is 1260. The van der Waals surface area contributed by atoms with Crippen molar-refractivity contribution in [1.82, 2.24) is 4.90 Å². The Hall–Kier alpha value is -2.77. The highest BCUT2D eigenvalue weighted by Gasteiger charge is 2.35. The van der Waals surface area contributed by atoms with Crippen molar-refractivity contribution in [3.63, 3.8) is 0 Å². The van der Waals surface area contributed by atoms with Crippen LogP contribution in [0, 0.1) is 18.9 Å². The molecule has 1 radical (unpaired) electrons. The minimum absolute atomic E-state index is 0.116. The van der Waals surface area contributed by atoms with E-state index in [1.807, 2.05) is 60.4 Å². The molecule has 1 aliphatic rings. The van der Waals surface area contributed by atoms with Crippen LogP contribution in [-0.2, 0) is 28.9 Å². The lowest BCUT2D eigenvalue weighted by Gasteiger charge is -2.27. The summed E-state index contributed by atoms with van der Waals surface area (Å²) in [6.07, 6.45) is 4.55. The molecule has 0 spiro atoms. The van der Waals surface area contributed by atoms with Crippen molar-refractivity contribution < 1.29 is 19.0 Å². The van der Waals surface area contributed by atoms with Crippen molar-refractivity contribution in [3.8, 4) is 11.5 Å². The van der Waals surface area contributed by atoms with Gasteiger partial charge in [0.05, 0.1) is 16.0 Å². The van der Waals surface area contributed by atoms with E-state index in [0.29, 0.717) is 48.5 Å². The van der Waals surface area contributed by atoms with Crippen molar-refractivity contribution in [2.75, 3.05) is 33.5 Å². The van der Waals surface area contributed by atoms with E-state index in [0.717, 1.165) is 54.7 Å². The molecule has 0 heterocycles. The molecule has 6 nitrogen and oxygen atoms in total. The number of hydrogen-bond acceptors (Lipinski definition) is 5. The number of halogens is 2. The van der Waals surface area contributed by atoms with E-state index in [1.165, 1.54) is 5.56 Å². The number of amides is 1. The van der Waals surface area contributed by atoms with Crippen LogP contribution in [0.25, 0.3) is 0 Å². The van der Waals surface area contributed by atoms with Gasteiger partial charge >= 0.3 is 0 Å². The number of carbonyl (C=O) groups excluding carboxylic acids is 1. The van der Waals surface area contributed by atoms with Crippen LogP contribution in [0.15, 0.2) is 54.6 Å². The van der Waals surface area contributed by atoms with Gasteiger partial charge in [-0.3, -0.25) is 4.79 Å². The molecule has 1 unspecified atom stereocenters. The molecule has 3 aromatic carbocycles. The zero-order valence-electron chi connectivity index (χ0n) is 23.8. The Morgan fingerprint density at radius 3 is 2.34 bits per heavy atom. The third kappa shape index (κ3) is 9.37. The van der Waals surface area contributed by atoms with Gasteiger partial charge in [0.2, 0.25) is 5.91 Å². The minimum Gasteiger partial charge on any atom is -0.490 e. The summed E-state index contributed by atoms with van der Waals surface area (Å²) in [5, 5.41) is 0.960. The number of nitrogens with zero attached hydrogens (tertiary/aromatic N) is 1. The molecule has 41 heavy (non-hydrogen) atoms. The quantitative estimate of drug-likeness (QED) is 0.192. The second-order valence-electron chi connectivity index (χ2n) is 10.6. The summed E-state index contributed by atoms with van der Waals surface area (Å²) in [5.41, 5.74) is 10.5. The van der Waals surface area contributed by atoms with Gasteiger partial charge in [0.15, 0.2) is 5.75 Å². The standard InChI is InChI=1S/C33H39Cl2N2O4/c1-23-17-30(34)32(31(35)18-23)41-16-15-40-29-12-8-25(9-13-29)20-27(21-36)33(38)37(28-10-11-28)22-26-6-3-5-24(19-26)7-4-14-39-2/h5-6,8-9,12-13,17-19,27-28H,4,7,10-11,14-16,20-22,36H2,1-2H3. The van der Waals surface area contributed by atoms with E-state index in [9.17, 15) is 4.79 Å². The molecule has 0 aromatic heterocycles. The fourth-order valence-corrected chi connectivity index (χ4v) is 5.55. The van der Waals surface area contributed by atoms with Gasteiger partial charge < -0.3 is 24.8 Å². The molecule has 1 fully saturated rings. The molecule has 0 aliphatic heterocycles. The van der Waals surface area contributed by atoms with E-state index in [1.54, 1.807) is 7.11 Å². The topological polar surface area (TPSA) is 74.0 Å². The van der Waals surface area contributed by atoms with E-state index < -0.39 is 0 Å². The number of aryl methyl sites for hydroxylation is 2. The number of hydrogen-bond donors (Lipinski definition) is 1. The molecule has 8 heteroatoms. The maximum atomic E-state index is 13.6. The molecular weight excluding hydrogens is 559 g/mol. The summed E-state index contributed by atoms with van der Waals surface area (Å²) in [7, 11) is 1.72. The Balaban J connectivity index is 1.29. The lowest BCUT2D eigenvalue weighted by Crippen LogP contribution is -2.41. The molecule has 4 rings (SSSR count). The predicted molar refractivity (Wildman–Crippen MR) is 164 cm³/mol. The Labute approximate surface area is 253 Å². The molecular formula is C33H39Cl2N2O4. The highest BCUT2D eigenvalue weighted by Crippen LogP contribution is 2.34. The molecule has 1 saturated carbocycles. The van der Waals surface area contributed by atoms with Gasteiger partial charge in [-0.1, -0.05) is 47.5 Å². The van der Waals surface area contributed by atoms with Gasteiger partial charge in [0, 0.05) is 32.8 Å². The second-order valence-corrected chi connectivity index (χ2v) is 11.4. The monoisotopic (exact) mass is 597 g/mol. The SMILES string of the molecule is COCCCc1c[c]cc(CN(C(=O)C(CN)Cc2ccc(OCCOc3c(Cl)cc(C)cc3Cl)cc2)C2CC2)c1. The van der Waals surface area contributed by atoms with Crippen molar-refractivity contribution >= 4 is 29.1 Å². The fraction of sp³-hybridized carbons (Fsp3) is 0.424. The van der Waals surface area contributed by atoms with Gasteiger partial charge in [0.25, 0.3) is 0 Å². The van der Waals surface area contributed by atoms with E-state index in [2.05, 4.69) is 12.1 Å². The summed E-state index contributed by atoms with van der Waals surface area (Å²) in [6.45, 7) is 4.18. The molecule has 1 atom stereocenters. The number of carbonyl (C=O) groups is 1. The van der Waals surface area contributed by atoms with E-state index in [-0.39, 0.29) is 17.9 Å².